The quantitative estimate of drug-likeness (QED) is 0.769. The minimum atomic E-state index is -2.58. The first kappa shape index (κ1) is 18.0. The summed E-state index contributed by atoms with van der Waals surface area (Å²) in [5.41, 5.74) is 0. The fourth-order valence-corrected chi connectivity index (χ4v) is 3.55. The van der Waals surface area contributed by atoms with Crippen LogP contribution in [0.4, 0.5) is 8.78 Å². The Morgan fingerprint density at radius 1 is 1.25 bits per heavy atom. The fourth-order valence-electron chi connectivity index (χ4n) is 3.55. The molecule has 0 aliphatic carbocycles. The number of aliphatic hydroxyl groups is 1. The van der Waals surface area contributed by atoms with E-state index in [0.717, 1.165) is 0 Å². The predicted molar refractivity (Wildman–Crippen MR) is 81.8 cm³/mol. The second kappa shape index (κ2) is 7.59. The van der Waals surface area contributed by atoms with Crippen LogP contribution in [-0.4, -0.2) is 79.5 Å². The lowest BCUT2D eigenvalue weighted by Crippen LogP contribution is -2.50. The van der Waals surface area contributed by atoms with E-state index in [1.54, 1.807) is 0 Å². The van der Waals surface area contributed by atoms with Gasteiger partial charge in [0.05, 0.1) is 18.8 Å². The van der Waals surface area contributed by atoms with E-state index in [9.17, 15) is 18.7 Å². The molecule has 2 N–H and O–H groups in total. The van der Waals surface area contributed by atoms with Gasteiger partial charge < -0.3 is 24.8 Å². The Labute approximate surface area is 140 Å². The van der Waals surface area contributed by atoms with Gasteiger partial charge in [0.25, 0.3) is 5.92 Å². The molecule has 0 bridgehead atoms. The van der Waals surface area contributed by atoms with Gasteiger partial charge in [0, 0.05) is 51.6 Å². The van der Waals surface area contributed by atoms with Gasteiger partial charge in [-0.1, -0.05) is 0 Å². The number of ether oxygens (including phenoxy) is 2. The topological polar surface area (TPSA) is 71.0 Å². The van der Waals surface area contributed by atoms with Crippen LogP contribution in [0.2, 0.25) is 0 Å². The van der Waals surface area contributed by atoms with Gasteiger partial charge >= 0.3 is 0 Å². The number of nitrogens with zero attached hydrogens (tertiary/aromatic N) is 1. The molecule has 3 rings (SSSR count). The van der Waals surface area contributed by atoms with Crippen molar-refractivity contribution in [2.75, 3.05) is 39.5 Å². The monoisotopic (exact) mass is 348 g/mol. The summed E-state index contributed by atoms with van der Waals surface area (Å²) in [4.78, 5) is 14.1. The Morgan fingerprint density at radius 2 is 1.92 bits per heavy atom. The molecule has 1 amide bonds. The van der Waals surface area contributed by atoms with Crippen molar-refractivity contribution in [3.8, 4) is 0 Å². The average molecular weight is 348 g/mol. The smallest absolute Gasteiger partial charge is 0.250 e. The maximum Gasteiger partial charge on any atom is 0.250 e. The molecule has 3 aliphatic rings. The molecule has 3 saturated heterocycles. The van der Waals surface area contributed by atoms with Crippen LogP contribution < -0.4 is 5.32 Å². The number of hydrogen-bond acceptors (Lipinski definition) is 5. The number of rotatable bonds is 4. The first-order valence-corrected chi connectivity index (χ1v) is 8.72. The zero-order valence-electron chi connectivity index (χ0n) is 13.8. The molecule has 0 aromatic heterocycles. The molecule has 8 heteroatoms. The van der Waals surface area contributed by atoms with Gasteiger partial charge in [0.2, 0.25) is 5.91 Å². The van der Waals surface area contributed by atoms with Crippen molar-refractivity contribution in [1.82, 2.24) is 10.2 Å². The van der Waals surface area contributed by atoms with Crippen LogP contribution in [-0.2, 0) is 14.3 Å². The molecule has 0 unspecified atom stereocenters. The zero-order chi connectivity index (χ0) is 17.2. The fraction of sp³-hybridized carbons (Fsp3) is 0.938. The number of aliphatic hydroxyl groups excluding tert-OH is 1. The number of carbonyl (C=O) groups is 1. The van der Waals surface area contributed by atoms with Crippen molar-refractivity contribution >= 4 is 5.91 Å². The normalized spacial score (nSPS) is 35.0. The molecule has 0 aromatic rings. The van der Waals surface area contributed by atoms with E-state index in [2.05, 4.69) is 5.32 Å². The van der Waals surface area contributed by atoms with Crippen molar-refractivity contribution in [3.63, 3.8) is 0 Å². The van der Waals surface area contributed by atoms with Gasteiger partial charge in [0.15, 0.2) is 0 Å². The Kier molecular flexibility index (Phi) is 5.69. The van der Waals surface area contributed by atoms with Crippen LogP contribution in [0.25, 0.3) is 0 Å². The Morgan fingerprint density at radius 3 is 2.58 bits per heavy atom. The summed E-state index contributed by atoms with van der Waals surface area (Å²) in [6.45, 7) is 2.46. The molecule has 24 heavy (non-hydrogen) atoms. The molecule has 0 radical (unpaired) electrons. The number of likely N-dealkylation sites (tertiary alicyclic amines) is 1. The predicted octanol–water partition coefficient (Wildman–Crippen LogP) is 0.389. The molecule has 3 aliphatic heterocycles. The number of piperidine rings is 1. The Balaban J connectivity index is 1.44. The molecule has 138 valence electrons. The summed E-state index contributed by atoms with van der Waals surface area (Å²) in [7, 11) is 0. The van der Waals surface area contributed by atoms with Crippen LogP contribution in [0.5, 0.6) is 0 Å². The van der Waals surface area contributed by atoms with Gasteiger partial charge in [0.1, 0.15) is 6.10 Å². The largest absolute Gasteiger partial charge is 0.388 e. The van der Waals surface area contributed by atoms with Crippen molar-refractivity contribution in [1.29, 1.82) is 0 Å². The lowest BCUT2D eigenvalue weighted by molar-refractivity contribution is -0.129. The van der Waals surface area contributed by atoms with Gasteiger partial charge in [-0.2, -0.15) is 0 Å². The van der Waals surface area contributed by atoms with E-state index in [4.69, 9.17) is 9.47 Å². The van der Waals surface area contributed by atoms with E-state index in [0.29, 0.717) is 45.7 Å². The summed E-state index contributed by atoms with van der Waals surface area (Å²) < 4.78 is 37.2. The first-order valence-electron chi connectivity index (χ1n) is 8.72. The van der Waals surface area contributed by atoms with Crippen LogP contribution >= 0.6 is 0 Å². The van der Waals surface area contributed by atoms with Gasteiger partial charge in [-0.05, 0) is 12.8 Å². The van der Waals surface area contributed by atoms with Crippen LogP contribution in [0.15, 0.2) is 0 Å². The summed E-state index contributed by atoms with van der Waals surface area (Å²) in [6, 6.07) is -0.434. The molecular weight excluding hydrogens is 322 g/mol. The standard InChI is InChI=1S/C16H26F2N2O4/c17-16(18)3-5-20(6-4-16)9-13-14(21)12(10-24-13)19-15(22)11-1-7-23-8-2-11/h11-14,21H,1-10H2,(H,19,22)/t12-,13-,14+/m0/s1. The van der Waals surface area contributed by atoms with E-state index in [-0.39, 0.29) is 31.3 Å². The number of hydrogen-bond donors (Lipinski definition) is 2. The van der Waals surface area contributed by atoms with E-state index >= 15 is 0 Å². The summed E-state index contributed by atoms with van der Waals surface area (Å²) in [5.74, 6) is -2.72. The molecule has 3 heterocycles. The molecule has 0 aromatic carbocycles. The van der Waals surface area contributed by atoms with Crippen molar-refractivity contribution in [3.05, 3.63) is 0 Å². The highest BCUT2D eigenvalue weighted by Crippen LogP contribution is 2.28. The number of alkyl halides is 2. The minimum Gasteiger partial charge on any atom is -0.388 e. The lowest BCUT2D eigenvalue weighted by Gasteiger charge is -2.33. The van der Waals surface area contributed by atoms with Gasteiger partial charge in [-0.25, -0.2) is 8.78 Å². The highest BCUT2D eigenvalue weighted by Gasteiger charge is 2.40. The summed E-state index contributed by atoms with van der Waals surface area (Å²) in [6.07, 6.45) is -0.172. The molecule has 6 nitrogen and oxygen atoms in total. The molecule has 3 fully saturated rings. The maximum absolute atomic E-state index is 13.2. The zero-order valence-corrected chi connectivity index (χ0v) is 13.8. The number of nitrogens with one attached hydrogen (secondary N) is 1. The van der Waals surface area contributed by atoms with Crippen LogP contribution in [0, 0.1) is 5.92 Å². The third-order valence-electron chi connectivity index (χ3n) is 5.23. The summed E-state index contributed by atoms with van der Waals surface area (Å²) >= 11 is 0. The van der Waals surface area contributed by atoms with Crippen molar-refractivity contribution in [2.24, 2.45) is 5.92 Å². The maximum atomic E-state index is 13.2. The van der Waals surface area contributed by atoms with Crippen molar-refractivity contribution < 1.29 is 28.2 Å². The molecule has 0 saturated carbocycles. The van der Waals surface area contributed by atoms with E-state index < -0.39 is 24.2 Å². The Hall–Kier alpha value is -0.830. The minimum absolute atomic E-state index is 0.0655. The van der Waals surface area contributed by atoms with Crippen LogP contribution in [0.1, 0.15) is 25.7 Å². The number of halogens is 2. The Bertz CT molecular complexity index is 436. The SMILES string of the molecule is O=C(N[C@H]1CO[C@@H](CN2CCC(F)(F)CC2)[C@@H]1O)C1CCOCC1. The summed E-state index contributed by atoms with van der Waals surface area (Å²) in [5, 5.41) is 13.3. The number of amides is 1. The first-order chi connectivity index (χ1) is 11.4. The van der Waals surface area contributed by atoms with Gasteiger partial charge in [-0.15, -0.1) is 0 Å². The third kappa shape index (κ3) is 4.41. The molecule has 3 atom stereocenters. The number of carbonyl (C=O) groups excluding carboxylic acids is 1. The average Bonchev–Trinajstić information content (AvgIpc) is 2.91. The lowest BCUT2D eigenvalue weighted by atomic mass is 9.98. The molecular formula is C16H26F2N2O4. The second-order valence-corrected chi connectivity index (χ2v) is 7.02. The van der Waals surface area contributed by atoms with Gasteiger partial charge in [-0.3, -0.25) is 4.79 Å². The third-order valence-corrected chi connectivity index (χ3v) is 5.23. The van der Waals surface area contributed by atoms with E-state index in [1.165, 1.54) is 0 Å². The molecule has 0 spiro atoms. The van der Waals surface area contributed by atoms with E-state index in [1.807, 2.05) is 4.90 Å². The van der Waals surface area contributed by atoms with Crippen LogP contribution in [0.3, 0.4) is 0 Å². The highest BCUT2D eigenvalue weighted by atomic mass is 19.3. The second-order valence-electron chi connectivity index (χ2n) is 7.02. The van der Waals surface area contributed by atoms with Crippen molar-refractivity contribution in [2.45, 2.75) is 49.9 Å². The highest BCUT2D eigenvalue weighted by molar-refractivity contribution is 5.79.